The number of fused-ring (bicyclic) bond motifs is 1. The smallest absolute Gasteiger partial charge is 0.271 e. The number of nitriles is 1. The molecule has 0 radical (unpaired) electrons. The van der Waals surface area contributed by atoms with E-state index in [2.05, 4.69) is 11.1 Å². The van der Waals surface area contributed by atoms with Crippen LogP contribution in [0.2, 0.25) is 0 Å². The van der Waals surface area contributed by atoms with Gasteiger partial charge in [-0.15, -0.1) is 0 Å². The monoisotopic (exact) mass is 627 g/mol. The van der Waals surface area contributed by atoms with Crippen molar-refractivity contribution in [2.45, 2.75) is 35.9 Å². The largest absolute Gasteiger partial charge is 0.497 e. The Hall–Kier alpha value is -4.70. The maximum Gasteiger partial charge on any atom is 0.271 e. The first-order valence-electron chi connectivity index (χ1n) is 14.4. The van der Waals surface area contributed by atoms with Crippen LogP contribution in [0.4, 0.5) is 5.69 Å². The van der Waals surface area contributed by atoms with Crippen molar-refractivity contribution in [1.82, 2.24) is 14.8 Å². The van der Waals surface area contributed by atoms with E-state index in [4.69, 9.17) is 13.9 Å². The molecular formula is C33H33N5O6S. The molecular weight excluding hydrogens is 594 g/mol. The first kappa shape index (κ1) is 30.3. The van der Waals surface area contributed by atoms with Gasteiger partial charge < -0.3 is 18.8 Å². The second-order valence-electron chi connectivity index (χ2n) is 11.3. The number of aromatic nitrogens is 1. The Labute approximate surface area is 262 Å². The number of methoxy groups -OCH3 is 2. The molecule has 11 nitrogen and oxygen atoms in total. The highest BCUT2D eigenvalue weighted by Gasteiger charge is 2.62. The number of nitrogens with zero attached hydrogens (tertiary/aromatic N) is 5. The summed E-state index contributed by atoms with van der Waals surface area (Å²) in [6, 6.07) is 17.9. The minimum absolute atomic E-state index is 0.0817. The van der Waals surface area contributed by atoms with E-state index in [1.807, 2.05) is 42.1 Å². The summed E-state index contributed by atoms with van der Waals surface area (Å²) in [7, 11) is 2.49. The van der Waals surface area contributed by atoms with Gasteiger partial charge in [-0.1, -0.05) is 12.1 Å². The molecule has 0 spiro atoms. The average Bonchev–Trinajstić information content (AvgIpc) is 3.79. The summed E-state index contributed by atoms with van der Waals surface area (Å²) in [6.07, 6.45) is 4.35. The van der Waals surface area contributed by atoms with Crippen LogP contribution in [0.15, 0.2) is 82.4 Å². The maximum atomic E-state index is 15.3. The van der Waals surface area contributed by atoms with Crippen molar-refractivity contribution in [3.05, 3.63) is 101 Å². The molecule has 4 aromatic rings. The number of amides is 1. The van der Waals surface area contributed by atoms with E-state index in [1.54, 1.807) is 12.3 Å². The van der Waals surface area contributed by atoms with Crippen molar-refractivity contribution >= 4 is 21.6 Å². The first-order valence-corrected chi connectivity index (χ1v) is 15.9. The SMILES string of the molecule is COc1ccc(S(=O)(=O)N2C(=O)C(c3ccc(CN(C)C)cc3OC)(N3CCC[C@H]3c3ncco3)c3cc(C#N)ccc32)cc1. The maximum absolute atomic E-state index is 15.3. The molecule has 1 aromatic heterocycles. The van der Waals surface area contributed by atoms with Crippen LogP contribution in [0.25, 0.3) is 0 Å². The van der Waals surface area contributed by atoms with Crippen molar-refractivity contribution in [3.8, 4) is 17.6 Å². The van der Waals surface area contributed by atoms with Crippen molar-refractivity contribution in [1.29, 1.82) is 5.26 Å². The molecule has 1 fully saturated rings. The first-order chi connectivity index (χ1) is 21.7. The molecule has 1 unspecified atom stereocenters. The summed E-state index contributed by atoms with van der Waals surface area (Å²) < 4.78 is 46.7. The van der Waals surface area contributed by atoms with Crippen LogP contribution in [0.5, 0.6) is 11.5 Å². The molecule has 3 heterocycles. The predicted octanol–water partition coefficient (Wildman–Crippen LogP) is 4.44. The quantitative estimate of drug-likeness (QED) is 0.263. The van der Waals surface area contributed by atoms with Crippen LogP contribution in [-0.4, -0.2) is 64.0 Å². The second-order valence-corrected chi connectivity index (χ2v) is 13.1. The van der Waals surface area contributed by atoms with E-state index < -0.39 is 27.5 Å². The molecule has 6 rings (SSSR count). The third-order valence-electron chi connectivity index (χ3n) is 8.40. The van der Waals surface area contributed by atoms with Crippen molar-refractivity contribution in [2.75, 3.05) is 39.2 Å². The molecule has 2 aliphatic heterocycles. The minimum atomic E-state index is -4.44. The Bertz CT molecular complexity index is 1890. The van der Waals surface area contributed by atoms with Crippen LogP contribution in [0.3, 0.4) is 0 Å². The molecule has 3 aromatic carbocycles. The van der Waals surface area contributed by atoms with E-state index >= 15 is 4.79 Å². The topological polar surface area (TPSA) is 129 Å². The predicted molar refractivity (Wildman–Crippen MR) is 165 cm³/mol. The summed E-state index contributed by atoms with van der Waals surface area (Å²) in [5.41, 5.74) is 0.498. The molecule has 45 heavy (non-hydrogen) atoms. The highest BCUT2D eigenvalue weighted by molar-refractivity contribution is 7.93. The third kappa shape index (κ3) is 4.84. The zero-order valence-corrected chi connectivity index (χ0v) is 26.2. The Balaban J connectivity index is 1.66. The summed E-state index contributed by atoms with van der Waals surface area (Å²) in [5, 5.41) is 9.97. The van der Waals surface area contributed by atoms with E-state index in [0.29, 0.717) is 54.4 Å². The van der Waals surface area contributed by atoms with Gasteiger partial charge in [0.1, 0.15) is 17.8 Å². The van der Waals surface area contributed by atoms with Gasteiger partial charge in [0, 0.05) is 24.2 Å². The summed E-state index contributed by atoms with van der Waals surface area (Å²) >= 11 is 0. The Kier molecular flexibility index (Phi) is 7.86. The Morgan fingerprint density at radius 1 is 1.07 bits per heavy atom. The Morgan fingerprint density at radius 2 is 1.84 bits per heavy atom. The molecule has 2 aliphatic rings. The Morgan fingerprint density at radius 3 is 2.49 bits per heavy atom. The van der Waals surface area contributed by atoms with E-state index in [1.165, 1.54) is 56.9 Å². The number of hydrogen-bond donors (Lipinski definition) is 0. The lowest BCUT2D eigenvalue weighted by Crippen LogP contribution is -2.54. The van der Waals surface area contributed by atoms with Gasteiger partial charge in [-0.25, -0.2) is 17.7 Å². The highest BCUT2D eigenvalue weighted by Crippen LogP contribution is 2.56. The number of sulfonamides is 1. The average molecular weight is 628 g/mol. The summed E-state index contributed by atoms with van der Waals surface area (Å²) in [4.78, 5) is 23.7. The van der Waals surface area contributed by atoms with Gasteiger partial charge in [0.25, 0.3) is 15.9 Å². The fourth-order valence-corrected chi connectivity index (χ4v) is 8.01. The van der Waals surface area contributed by atoms with Crippen molar-refractivity contribution in [2.24, 2.45) is 0 Å². The zero-order valence-electron chi connectivity index (χ0n) is 25.4. The van der Waals surface area contributed by atoms with Gasteiger partial charge in [0.2, 0.25) is 5.89 Å². The van der Waals surface area contributed by atoms with Crippen molar-refractivity contribution in [3.63, 3.8) is 0 Å². The number of carbonyl (C=O) groups is 1. The van der Waals surface area contributed by atoms with E-state index in [-0.39, 0.29) is 16.1 Å². The number of likely N-dealkylation sites (tertiary alicyclic amines) is 1. The lowest BCUT2D eigenvalue weighted by molar-refractivity contribution is -0.127. The number of ether oxygens (including phenoxy) is 2. The number of carbonyl (C=O) groups excluding carboxylic acids is 1. The zero-order chi connectivity index (χ0) is 31.9. The van der Waals surface area contributed by atoms with Gasteiger partial charge in [-0.05, 0) is 81.0 Å². The fourth-order valence-electron chi connectivity index (χ4n) is 6.55. The van der Waals surface area contributed by atoms with Gasteiger partial charge in [-0.2, -0.15) is 5.26 Å². The highest BCUT2D eigenvalue weighted by atomic mass is 32.2. The lowest BCUT2D eigenvalue weighted by Gasteiger charge is -2.41. The number of anilines is 1. The van der Waals surface area contributed by atoms with Gasteiger partial charge in [-0.3, -0.25) is 9.69 Å². The number of hydrogen-bond acceptors (Lipinski definition) is 10. The molecule has 12 heteroatoms. The van der Waals surface area contributed by atoms with Crippen LogP contribution in [-0.2, 0) is 26.9 Å². The number of oxazole rings is 1. The molecule has 1 amide bonds. The third-order valence-corrected chi connectivity index (χ3v) is 10.1. The minimum Gasteiger partial charge on any atom is -0.497 e. The fraction of sp³-hybridized carbons (Fsp3) is 0.303. The summed E-state index contributed by atoms with van der Waals surface area (Å²) in [6.45, 7) is 1.04. The van der Waals surface area contributed by atoms with E-state index in [0.717, 1.165) is 9.87 Å². The second kappa shape index (κ2) is 11.7. The molecule has 2 atom stereocenters. The molecule has 232 valence electrons. The van der Waals surface area contributed by atoms with Crippen LogP contribution < -0.4 is 13.8 Å². The van der Waals surface area contributed by atoms with Gasteiger partial charge in [0.15, 0.2) is 5.54 Å². The standard InChI is InChI=1S/C33H33N5O6S/c1-36(2)21-23-7-13-26(30(19-23)43-4)33(37-16-5-6-29(37)31-35-15-17-44-31)27-18-22(20-34)8-14-28(27)38(32(33)39)45(40,41)25-11-9-24(42-3)10-12-25/h7-15,17-19,29H,5-6,16,21H2,1-4H3/t29-,33?/m0/s1. The molecule has 1 saturated heterocycles. The van der Waals surface area contributed by atoms with Crippen molar-refractivity contribution < 1.29 is 27.1 Å². The van der Waals surface area contributed by atoms with Crippen LogP contribution in [0, 0.1) is 11.3 Å². The molecule has 0 N–H and O–H groups in total. The molecule has 0 aliphatic carbocycles. The van der Waals surface area contributed by atoms with E-state index in [9.17, 15) is 13.7 Å². The number of benzene rings is 3. The lowest BCUT2D eigenvalue weighted by atomic mass is 9.80. The van der Waals surface area contributed by atoms with Crippen LogP contribution in [0.1, 0.15) is 47.0 Å². The van der Waals surface area contributed by atoms with Gasteiger partial charge >= 0.3 is 0 Å². The van der Waals surface area contributed by atoms with Gasteiger partial charge in [0.05, 0.1) is 48.7 Å². The normalized spacial score (nSPS) is 20.0. The molecule has 0 bridgehead atoms. The summed E-state index contributed by atoms with van der Waals surface area (Å²) in [5.74, 6) is 0.596. The van der Waals surface area contributed by atoms with Crippen LogP contribution >= 0.6 is 0 Å². The number of rotatable bonds is 9. The molecule has 0 saturated carbocycles.